The van der Waals surface area contributed by atoms with Crippen molar-refractivity contribution in [1.82, 2.24) is 0 Å². The molecule has 0 unspecified atom stereocenters. The second-order valence-electron chi connectivity index (χ2n) is 2.38. The first kappa shape index (κ1) is 10.8. The van der Waals surface area contributed by atoms with Gasteiger partial charge in [0.25, 0.3) is 0 Å². The monoisotopic (exact) mass is 402 g/mol. The minimum atomic E-state index is 0.400. The zero-order chi connectivity index (χ0) is 10.2. The van der Waals surface area contributed by atoms with Crippen LogP contribution in [0.3, 0.4) is 0 Å². The van der Waals surface area contributed by atoms with Gasteiger partial charge in [0.2, 0.25) is 0 Å². The summed E-state index contributed by atoms with van der Waals surface area (Å²) in [6.07, 6.45) is 0. The summed E-state index contributed by atoms with van der Waals surface area (Å²) in [5, 5.41) is 0. The van der Waals surface area contributed by atoms with Crippen LogP contribution >= 0.6 is 45.2 Å². The number of aliphatic imine (C=N–C) groups is 1. The summed E-state index contributed by atoms with van der Waals surface area (Å²) < 4.78 is 1.73. The predicted octanol–water partition coefficient (Wildman–Crippen LogP) is 1.97. The van der Waals surface area contributed by atoms with Crippen LogP contribution in [0.4, 0.5) is 22.7 Å². The lowest BCUT2D eigenvalue weighted by molar-refractivity contribution is 1.49. The molecule has 0 spiro atoms. The predicted molar refractivity (Wildman–Crippen MR) is 74.3 cm³/mol. The van der Waals surface area contributed by atoms with Crippen molar-refractivity contribution in [3.8, 4) is 0 Å². The van der Waals surface area contributed by atoms with Crippen molar-refractivity contribution < 1.29 is 0 Å². The van der Waals surface area contributed by atoms with Gasteiger partial charge in [-0.3, -0.25) is 4.99 Å². The molecule has 0 radical (unpaired) electrons. The molecule has 70 valence electrons. The number of nitrogens with zero attached hydrogens (tertiary/aromatic N) is 1. The second kappa shape index (κ2) is 3.86. The standard InChI is InChI=1S/C7H8I2N4/c1-13-7-5(11)3(9)2(8)4(10)6(7)12/h1,10-12H2. The molecular weight excluding hydrogens is 394 g/mol. The molecule has 0 aliphatic heterocycles. The Bertz CT molecular complexity index is 346. The number of rotatable bonds is 1. The summed E-state index contributed by atoms with van der Waals surface area (Å²) in [7, 11) is 0. The molecule has 0 atom stereocenters. The Morgan fingerprint density at radius 3 is 1.85 bits per heavy atom. The van der Waals surface area contributed by atoms with Crippen molar-refractivity contribution in [2.75, 3.05) is 17.2 Å². The molecule has 6 N–H and O–H groups in total. The van der Waals surface area contributed by atoms with Crippen molar-refractivity contribution >= 4 is 74.6 Å². The first-order chi connectivity index (χ1) is 6.00. The average molecular weight is 402 g/mol. The van der Waals surface area contributed by atoms with Gasteiger partial charge in [-0.15, -0.1) is 0 Å². The van der Waals surface area contributed by atoms with Crippen molar-refractivity contribution in [2.45, 2.75) is 0 Å². The molecule has 0 heterocycles. The van der Waals surface area contributed by atoms with E-state index in [0.29, 0.717) is 22.7 Å². The summed E-state index contributed by atoms with van der Waals surface area (Å²) in [5.41, 5.74) is 19.2. The number of benzene rings is 1. The number of hydrogen-bond donors (Lipinski definition) is 3. The maximum atomic E-state index is 5.78. The third kappa shape index (κ3) is 1.68. The second-order valence-corrected chi connectivity index (χ2v) is 4.53. The van der Waals surface area contributed by atoms with Gasteiger partial charge in [0.15, 0.2) is 0 Å². The van der Waals surface area contributed by atoms with Gasteiger partial charge in [-0.1, -0.05) is 0 Å². The minimum absolute atomic E-state index is 0.400. The molecule has 0 saturated heterocycles. The molecule has 1 rings (SSSR count). The summed E-state index contributed by atoms with van der Waals surface area (Å²) in [6.45, 7) is 3.39. The van der Waals surface area contributed by atoms with Crippen molar-refractivity contribution in [1.29, 1.82) is 0 Å². The Labute approximate surface area is 103 Å². The maximum Gasteiger partial charge on any atom is 0.111 e. The van der Waals surface area contributed by atoms with E-state index in [-0.39, 0.29) is 0 Å². The third-order valence-electron chi connectivity index (χ3n) is 1.62. The van der Waals surface area contributed by atoms with Crippen LogP contribution in [0.25, 0.3) is 0 Å². The highest BCUT2D eigenvalue weighted by atomic mass is 127. The zero-order valence-corrected chi connectivity index (χ0v) is 11.0. The van der Waals surface area contributed by atoms with Crippen LogP contribution in [0, 0.1) is 7.14 Å². The van der Waals surface area contributed by atoms with Crippen LogP contribution < -0.4 is 17.2 Å². The maximum absolute atomic E-state index is 5.78. The lowest BCUT2D eigenvalue weighted by atomic mass is 10.2. The number of nitrogen functional groups attached to an aromatic ring is 3. The molecule has 0 aromatic heterocycles. The van der Waals surface area contributed by atoms with E-state index < -0.39 is 0 Å². The number of hydrogen-bond acceptors (Lipinski definition) is 4. The van der Waals surface area contributed by atoms with E-state index in [1.165, 1.54) is 0 Å². The number of nitrogens with two attached hydrogens (primary N) is 3. The Hall–Kier alpha value is -0.250. The highest BCUT2D eigenvalue weighted by Crippen LogP contribution is 2.41. The molecule has 0 saturated carbocycles. The van der Waals surface area contributed by atoms with Crippen molar-refractivity contribution in [3.63, 3.8) is 0 Å². The molecule has 6 heteroatoms. The zero-order valence-electron chi connectivity index (χ0n) is 6.64. The van der Waals surface area contributed by atoms with Crippen LogP contribution in [0.15, 0.2) is 4.99 Å². The van der Waals surface area contributed by atoms with Gasteiger partial charge < -0.3 is 17.2 Å². The molecule has 0 aliphatic carbocycles. The smallest absolute Gasteiger partial charge is 0.111 e. The van der Waals surface area contributed by atoms with Crippen molar-refractivity contribution in [3.05, 3.63) is 7.14 Å². The fraction of sp³-hybridized carbons (Fsp3) is 0. The van der Waals surface area contributed by atoms with Crippen molar-refractivity contribution in [2.24, 2.45) is 4.99 Å². The molecule has 0 bridgehead atoms. The van der Waals surface area contributed by atoms with E-state index >= 15 is 0 Å². The van der Waals surface area contributed by atoms with E-state index in [0.717, 1.165) is 7.14 Å². The van der Waals surface area contributed by atoms with Crippen LogP contribution in [0.2, 0.25) is 0 Å². The van der Waals surface area contributed by atoms with Crippen LogP contribution in [0.5, 0.6) is 0 Å². The highest BCUT2D eigenvalue weighted by Gasteiger charge is 2.14. The topological polar surface area (TPSA) is 90.4 Å². The van der Waals surface area contributed by atoms with E-state index in [4.69, 9.17) is 17.2 Å². The Kier molecular flexibility index (Phi) is 3.22. The van der Waals surface area contributed by atoms with Gasteiger partial charge in [0.05, 0.1) is 24.2 Å². The van der Waals surface area contributed by atoms with Gasteiger partial charge in [0, 0.05) is 0 Å². The molecule has 0 aliphatic rings. The van der Waals surface area contributed by atoms with Gasteiger partial charge in [0.1, 0.15) is 5.69 Å². The van der Waals surface area contributed by atoms with E-state index in [1.54, 1.807) is 0 Å². The van der Waals surface area contributed by atoms with E-state index in [1.807, 2.05) is 0 Å². The van der Waals surface area contributed by atoms with Gasteiger partial charge >= 0.3 is 0 Å². The van der Waals surface area contributed by atoms with E-state index in [9.17, 15) is 0 Å². The Morgan fingerprint density at radius 2 is 1.38 bits per heavy atom. The number of halogens is 2. The molecule has 13 heavy (non-hydrogen) atoms. The SMILES string of the molecule is C=Nc1c(N)c(N)c(I)c(I)c1N. The van der Waals surface area contributed by atoms with Gasteiger partial charge in [-0.05, 0) is 51.9 Å². The average Bonchev–Trinajstić information content (AvgIpc) is 2.13. The summed E-state index contributed by atoms with van der Waals surface area (Å²) in [6, 6.07) is 0. The Morgan fingerprint density at radius 1 is 0.923 bits per heavy atom. The quantitative estimate of drug-likeness (QED) is 0.381. The highest BCUT2D eigenvalue weighted by molar-refractivity contribution is 14.1. The normalized spacial score (nSPS) is 10.0. The summed E-state index contributed by atoms with van der Waals surface area (Å²) in [4.78, 5) is 3.74. The fourth-order valence-corrected chi connectivity index (χ4v) is 2.03. The first-order valence-corrected chi connectivity index (χ1v) is 5.44. The van der Waals surface area contributed by atoms with Gasteiger partial charge in [-0.2, -0.15) is 0 Å². The van der Waals surface area contributed by atoms with Crippen LogP contribution in [-0.4, -0.2) is 6.72 Å². The van der Waals surface area contributed by atoms with Crippen LogP contribution in [-0.2, 0) is 0 Å². The van der Waals surface area contributed by atoms with E-state index in [2.05, 4.69) is 56.9 Å². The molecule has 1 aromatic rings. The van der Waals surface area contributed by atoms with Gasteiger partial charge in [-0.25, -0.2) is 0 Å². The molecule has 1 aromatic carbocycles. The molecule has 0 fully saturated rings. The Balaban J connectivity index is 3.66. The molecular formula is C7H8I2N4. The summed E-state index contributed by atoms with van der Waals surface area (Å²) >= 11 is 4.20. The lowest BCUT2D eigenvalue weighted by Crippen LogP contribution is -2.03. The fourth-order valence-electron chi connectivity index (χ4n) is 0.902. The van der Waals surface area contributed by atoms with Crippen LogP contribution in [0.1, 0.15) is 0 Å². The summed E-state index contributed by atoms with van der Waals surface area (Å²) in [5.74, 6) is 0. The largest absolute Gasteiger partial charge is 0.396 e. The third-order valence-corrected chi connectivity index (χ3v) is 4.90. The minimum Gasteiger partial charge on any atom is -0.396 e. The number of anilines is 3. The lowest BCUT2D eigenvalue weighted by Gasteiger charge is -2.11. The first-order valence-electron chi connectivity index (χ1n) is 3.28. The molecule has 0 amide bonds. The molecule has 4 nitrogen and oxygen atoms in total.